The van der Waals surface area contributed by atoms with E-state index >= 15 is 0 Å². The van der Waals surface area contributed by atoms with Crippen LogP contribution >= 0.6 is 0 Å². The molecule has 1 aromatic carbocycles. The van der Waals surface area contributed by atoms with Crippen LogP contribution in [0.5, 0.6) is 0 Å². The predicted octanol–water partition coefficient (Wildman–Crippen LogP) is 1.35. The summed E-state index contributed by atoms with van der Waals surface area (Å²) in [6.45, 7) is 3.93. The number of aromatic nitrogens is 2. The van der Waals surface area contributed by atoms with Crippen LogP contribution in [-0.4, -0.2) is 46.4 Å². The van der Waals surface area contributed by atoms with Crippen molar-refractivity contribution in [3.8, 4) is 0 Å². The van der Waals surface area contributed by atoms with E-state index in [-0.39, 0.29) is 23.6 Å². The third-order valence-corrected chi connectivity index (χ3v) is 3.92. The molecule has 7 heteroatoms. The van der Waals surface area contributed by atoms with Crippen LogP contribution in [0.1, 0.15) is 52.9 Å². The van der Waals surface area contributed by atoms with Crippen LogP contribution in [0.25, 0.3) is 0 Å². The third-order valence-electron chi connectivity index (χ3n) is 3.92. The van der Waals surface area contributed by atoms with Crippen molar-refractivity contribution >= 4 is 11.8 Å². The Bertz CT molecular complexity index is 725. The van der Waals surface area contributed by atoms with Gasteiger partial charge in [-0.05, 0) is 25.8 Å². The first kappa shape index (κ1) is 18.7. The Hall–Kier alpha value is -2.67. The van der Waals surface area contributed by atoms with Crippen LogP contribution < -0.4 is 10.6 Å². The lowest BCUT2D eigenvalue weighted by molar-refractivity contribution is 0.0930. The van der Waals surface area contributed by atoms with Gasteiger partial charge in [-0.2, -0.15) is 5.10 Å². The quantitative estimate of drug-likeness (QED) is 0.706. The zero-order valence-electron chi connectivity index (χ0n) is 14.7. The molecule has 0 fully saturated rings. The van der Waals surface area contributed by atoms with Gasteiger partial charge in [0.05, 0.1) is 12.1 Å². The summed E-state index contributed by atoms with van der Waals surface area (Å²) in [7, 11) is 1.52. The number of carbonyl (C=O) groups is 2. The van der Waals surface area contributed by atoms with E-state index < -0.39 is 6.10 Å². The molecule has 0 saturated carbocycles. The van der Waals surface area contributed by atoms with E-state index in [1.807, 2.05) is 37.3 Å². The summed E-state index contributed by atoms with van der Waals surface area (Å²) >= 11 is 0. The minimum Gasteiger partial charge on any atom is -0.393 e. The van der Waals surface area contributed by atoms with Crippen molar-refractivity contribution in [3.63, 3.8) is 0 Å². The molecule has 7 nitrogen and oxygen atoms in total. The monoisotopic (exact) mass is 344 g/mol. The second kappa shape index (κ2) is 8.43. The Morgan fingerprint density at radius 3 is 2.48 bits per heavy atom. The maximum absolute atomic E-state index is 12.5. The zero-order valence-corrected chi connectivity index (χ0v) is 14.7. The van der Waals surface area contributed by atoms with Gasteiger partial charge in [-0.25, -0.2) is 0 Å². The number of aliphatic hydroxyl groups excluding tert-OH is 1. The number of aliphatic hydroxyl groups is 1. The van der Waals surface area contributed by atoms with Gasteiger partial charge in [0.2, 0.25) is 0 Å². The van der Waals surface area contributed by atoms with Gasteiger partial charge in [-0.3, -0.25) is 14.3 Å². The van der Waals surface area contributed by atoms with E-state index in [1.54, 1.807) is 11.6 Å². The lowest BCUT2D eigenvalue weighted by atomic mass is 10.1. The minimum atomic E-state index is -0.491. The summed E-state index contributed by atoms with van der Waals surface area (Å²) in [6.07, 6.45) is -0.0361. The summed E-state index contributed by atoms with van der Waals surface area (Å²) in [6, 6.07) is 10.9. The van der Waals surface area contributed by atoms with Gasteiger partial charge in [-0.15, -0.1) is 0 Å². The number of hydrogen-bond acceptors (Lipinski definition) is 4. The average Bonchev–Trinajstić information content (AvgIpc) is 3.06. The molecule has 2 unspecified atom stereocenters. The van der Waals surface area contributed by atoms with Crippen molar-refractivity contribution < 1.29 is 14.7 Å². The van der Waals surface area contributed by atoms with Gasteiger partial charge in [-0.1, -0.05) is 30.3 Å². The fraction of sp³-hybridized carbons (Fsp3) is 0.389. The molecule has 2 amide bonds. The van der Waals surface area contributed by atoms with E-state index in [2.05, 4.69) is 15.7 Å². The molecule has 1 heterocycles. The molecule has 2 aromatic rings. The van der Waals surface area contributed by atoms with Crippen LogP contribution in [0.2, 0.25) is 0 Å². The fourth-order valence-corrected chi connectivity index (χ4v) is 2.46. The Kier molecular flexibility index (Phi) is 6.30. The van der Waals surface area contributed by atoms with Gasteiger partial charge >= 0.3 is 0 Å². The maximum atomic E-state index is 12.5. The van der Waals surface area contributed by atoms with Gasteiger partial charge in [0, 0.05) is 19.7 Å². The first-order valence-corrected chi connectivity index (χ1v) is 8.27. The van der Waals surface area contributed by atoms with Crippen LogP contribution in [0.15, 0.2) is 36.4 Å². The minimum absolute atomic E-state index is 0.186. The number of benzene rings is 1. The summed E-state index contributed by atoms with van der Waals surface area (Å²) < 4.78 is 1.55. The van der Waals surface area contributed by atoms with Crippen LogP contribution in [0.3, 0.4) is 0 Å². The molecular weight excluding hydrogens is 320 g/mol. The molecule has 2 atom stereocenters. The Morgan fingerprint density at radius 2 is 1.88 bits per heavy atom. The van der Waals surface area contributed by atoms with Crippen LogP contribution in [0.4, 0.5) is 0 Å². The second-order valence-corrected chi connectivity index (χ2v) is 5.92. The summed E-state index contributed by atoms with van der Waals surface area (Å²) in [5, 5.41) is 18.9. The van der Waals surface area contributed by atoms with Crippen molar-refractivity contribution in [1.29, 1.82) is 0 Å². The number of carbonyl (C=O) groups excluding carboxylic acids is 2. The van der Waals surface area contributed by atoms with Crippen LogP contribution in [0, 0.1) is 0 Å². The molecule has 0 bridgehead atoms. The largest absolute Gasteiger partial charge is 0.393 e. The van der Waals surface area contributed by atoms with Crippen molar-refractivity contribution in [2.45, 2.75) is 32.4 Å². The number of nitrogens with zero attached hydrogens (tertiary/aromatic N) is 2. The van der Waals surface area contributed by atoms with E-state index in [1.165, 1.54) is 13.1 Å². The second-order valence-electron chi connectivity index (χ2n) is 5.92. The molecular formula is C18H24N4O3. The molecule has 0 aliphatic rings. The zero-order chi connectivity index (χ0) is 18.4. The summed E-state index contributed by atoms with van der Waals surface area (Å²) in [5.74, 6) is -0.678. The van der Waals surface area contributed by atoms with Crippen LogP contribution in [-0.2, 0) is 0 Å². The Morgan fingerprint density at radius 1 is 1.20 bits per heavy atom. The maximum Gasteiger partial charge on any atom is 0.271 e. The highest BCUT2D eigenvalue weighted by Crippen LogP contribution is 2.20. The lowest BCUT2D eigenvalue weighted by Gasteiger charge is -2.16. The third kappa shape index (κ3) is 4.67. The van der Waals surface area contributed by atoms with E-state index in [4.69, 9.17) is 0 Å². The summed E-state index contributed by atoms with van der Waals surface area (Å²) in [5.41, 5.74) is 1.47. The highest BCUT2D eigenvalue weighted by Gasteiger charge is 2.22. The molecule has 0 aliphatic carbocycles. The van der Waals surface area contributed by atoms with Crippen molar-refractivity contribution in [2.24, 2.45) is 0 Å². The highest BCUT2D eigenvalue weighted by molar-refractivity contribution is 5.97. The van der Waals surface area contributed by atoms with Gasteiger partial charge in [0.1, 0.15) is 5.69 Å². The number of rotatable bonds is 7. The molecule has 134 valence electrons. The molecule has 25 heavy (non-hydrogen) atoms. The Labute approximate surface area is 147 Å². The van der Waals surface area contributed by atoms with Gasteiger partial charge in [0.15, 0.2) is 5.69 Å². The Balaban J connectivity index is 2.31. The average molecular weight is 344 g/mol. The predicted molar refractivity (Wildman–Crippen MR) is 94.5 cm³/mol. The first-order chi connectivity index (χ1) is 11.9. The molecule has 0 spiro atoms. The normalized spacial score (nSPS) is 13.1. The number of hydrogen-bond donors (Lipinski definition) is 3. The first-order valence-electron chi connectivity index (χ1n) is 8.27. The topological polar surface area (TPSA) is 96.3 Å². The van der Waals surface area contributed by atoms with Gasteiger partial charge in [0.25, 0.3) is 11.8 Å². The lowest BCUT2D eigenvalue weighted by Crippen LogP contribution is -2.29. The number of amides is 2. The number of nitrogens with one attached hydrogen (secondary N) is 2. The summed E-state index contributed by atoms with van der Waals surface area (Å²) in [4.78, 5) is 24.4. The van der Waals surface area contributed by atoms with E-state index in [0.717, 1.165) is 5.56 Å². The molecule has 2 rings (SSSR count). The smallest absolute Gasteiger partial charge is 0.271 e. The molecule has 0 aliphatic heterocycles. The van der Waals surface area contributed by atoms with Crippen molar-refractivity contribution in [2.75, 3.05) is 13.6 Å². The van der Waals surface area contributed by atoms with Crippen molar-refractivity contribution in [3.05, 3.63) is 53.3 Å². The van der Waals surface area contributed by atoms with E-state index in [0.29, 0.717) is 18.7 Å². The molecule has 0 radical (unpaired) electrons. The van der Waals surface area contributed by atoms with Gasteiger partial charge < -0.3 is 15.7 Å². The van der Waals surface area contributed by atoms with Crippen molar-refractivity contribution in [1.82, 2.24) is 20.4 Å². The molecule has 1 aromatic heterocycles. The molecule has 3 N–H and O–H groups in total. The standard InChI is InChI=1S/C18H24N4O3/c1-12(23)9-10-20-18(25)16-11-15(17(24)19-3)21-22(16)13(2)14-7-5-4-6-8-14/h4-8,11-13,23H,9-10H2,1-3H3,(H,19,24)(H,20,25). The fourth-order valence-electron chi connectivity index (χ4n) is 2.46. The highest BCUT2D eigenvalue weighted by atomic mass is 16.3. The molecule has 0 saturated heterocycles. The van der Waals surface area contributed by atoms with E-state index in [9.17, 15) is 14.7 Å². The SMILES string of the molecule is CNC(=O)c1cc(C(=O)NCCC(C)O)n(C(C)c2ccccc2)n1.